The highest BCUT2D eigenvalue weighted by Crippen LogP contribution is 2.38. The van der Waals surface area contributed by atoms with Crippen LogP contribution in [0.1, 0.15) is 36.8 Å². The van der Waals surface area contributed by atoms with Crippen molar-refractivity contribution in [2.45, 2.75) is 37.8 Å². The molecule has 1 aromatic rings. The van der Waals surface area contributed by atoms with Crippen LogP contribution < -0.4 is 5.32 Å². The van der Waals surface area contributed by atoms with Crippen molar-refractivity contribution < 1.29 is 26.6 Å². The largest absolute Gasteiger partial charge is 0.418 e. The fourth-order valence-electron chi connectivity index (χ4n) is 3.89. The number of nitrogens with zero attached hydrogens (tertiary/aromatic N) is 3. The molecule has 2 N–H and O–H groups in total. The molecule has 2 amide bonds. The van der Waals surface area contributed by atoms with Crippen molar-refractivity contribution in [3.63, 3.8) is 0 Å². The zero-order chi connectivity index (χ0) is 17.6. The molecule has 0 radical (unpaired) electrons. The minimum atomic E-state index is -4.73. The molecular weight excluding hydrogens is 352 g/mol. The minimum absolute atomic E-state index is 0.280. The third kappa shape index (κ3) is 3.36. The second kappa shape index (κ2) is 6.24. The maximum absolute atomic E-state index is 12.4. The first-order valence-electron chi connectivity index (χ1n) is 8.34. The van der Waals surface area contributed by atoms with Crippen molar-refractivity contribution in [2.75, 3.05) is 19.6 Å². The number of fused-ring (bicyclic) bond motifs is 2. The van der Waals surface area contributed by atoms with Crippen LogP contribution in [0.4, 0.5) is 4.79 Å². The molecule has 3 fully saturated rings. The van der Waals surface area contributed by atoms with Crippen molar-refractivity contribution in [1.29, 1.82) is 0 Å². The number of hydrogen-bond acceptors (Lipinski definition) is 7. The first-order chi connectivity index (χ1) is 11.9. The summed E-state index contributed by atoms with van der Waals surface area (Å²) in [6.07, 6.45) is 3.09. The summed E-state index contributed by atoms with van der Waals surface area (Å²) >= 11 is 0. The Morgan fingerprint density at radius 2 is 2.24 bits per heavy atom. The van der Waals surface area contributed by atoms with Crippen LogP contribution in [0.15, 0.2) is 10.6 Å². The van der Waals surface area contributed by atoms with Gasteiger partial charge in [-0.15, -0.1) is 4.28 Å². The van der Waals surface area contributed by atoms with E-state index in [4.69, 9.17) is 9.08 Å². The van der Waals surface area contributed by atoms with E-state index in [2.05, 4.69) is 14.8 Å². The Labute approximate surface area is 145 Å². The topological polar surface area (TPSA) is 125 Å². The van der Waals surface area contributed by atoms with E-state index in [0.29, 0.717) is 31.0 Å². The van der Waals surface area contributed by atoms with Gasteiger partial charge in [0.2, 0.25) is 0 Å². The van der Waals surface area contributed by atoms with E-state index in [-0.39, 0.29) is 6.04 Å². The van der Waals surface area contributed by atoms with Gasteiger partial charge in [0.15, 0.2) is 0 Å². The Morgan fingerprint density at radius 3 is 2.96 bits per heavy atom. The SMILES string of the molecule is O=C1N(OS(=O)(=O)O)C2CC[C@@H](c3cc(CC4CCNC4)on3)N1C2. The van der Waals surface area contributed by atoms with E-state index < -0.39 is 22.5 Å². The molecule has 1 aromatic heterocycles. The van der Waals surface area contributed by atoms with Gasteiger partial charge in [-0.1, -0.05) is 5.16 Å². The van der Waals surface area contributed by atoms with E-state index >= 15 is 0 Å². The number of carbonyl (C=O) groups is 1. The van der Waals surface area contributed by atoms with Gasteiger partial charge < -0.3 is 14.7 Å². The molecule has 138 valence electrons. The van der Waals surface area contributed by atoms with Crippen molar-refractivity contribution in [3.05, 3.63) is 17.5 Å². The summed E-state index contributed by atoms with van der Waals surface area (Å²) in [5, 5.41) is 8.16. The number of hydroxylamine groups is 2. The lowest BCUT2D eigenvalue weighted by Crippen LogP contribution is -2.35. The third-order valence-corrected chi connectivity index (χ3v) is 5.42. The monoisotopic (exact) mass is 372 g/mol. The summed E-state index contributed by atoms with van der Waals surface area (Å²) in [5.74, 6) is 1.33. The van der Waals surface area contributed by atoms with Gasteiger partial charge in [0.05, 0.1) is 12.1 Å². The molecule has 0 aromatic carbocycles. The van der Waals surface area contributed by atoms with Crippen LogP contribution in [0.3, 0.4) is 0 Å². The number of carbonyl (C=O) groups excluding carboxylic acids is 1. The van der Waals surface area contributed by atoms with Gasteiger partial charge in [0, 0.05) is 19.0 Å². The van der Waals surface area contributed by atoms with E-state index in [9.17, 15) is 13.2 Å². The molecule has 2 unspecified atom stereocenters. The number of amides is 2. The molecule has 0 spiro atoms. The summed E-state index contributed by atoms with van der Waals surface area (Å²) in [7, 11) is -4.73. The molecule has 4 heterocycles. The number of nitrogens with one attached hydrogen (secondary N) is 1. The maximum atomic E-state index is 12.4. The molecule has 0 saturated carbocycles. The highest BCUT2D eigenvalue weighted by molar-refractivity contribution is 7.80. The summed E-state index contributed by atoms with van der Waals surface area (Å²) in [5.41, 5.74) is 0.668. The fourth-order valence-corrected chi connectivity index (χ4v) is 4.28. The van der Waals surface area contributed by atoms with E-state index in [1.165, 1.54) is 4.90 Å². The molecule has 0 aliphatic carbocycles. The Bertz CT molecular complexity index is 759. The second-order valence-electron chi connectivity index (χ2n) is 6.79. The Hall–Kier alpha value is -1.69. The van der Waals surface area contributed by atoms with Gasteiger partial charge >= 0.3 is 16.4 Å². The standard InChI is InChI=1S/C14H20N4O6S/c19-14-17-8-10(18(14)24-25(20,21)22)1-2-13(17)12-6-11(23-16-12)5-9-3-4-15-7-9/h6,9-10,13,15H,1-5,7-8H2,(H,20,21,22)/t9?,10?,13-/m0/s1. The predicted molar refractivity (Wildman–Crippen MR) is 83.5 cm³/mol. The first kappa shape index (κ1) is 16.8. The lowest BCUT2D eigenvalue weighted by atomic mass is 9.97. The van der Waals surface area contributed by atoms with Crippen LogP contribution in [0.25, 0.3) is 0 Å². The Kier molecular flexibility index (Phi) is 4.18. The van der Waals surface area contributed by atoms with Gasteiger partial charge in [-0.05, 0) is 38.3 Å². The zero-order valence-corrected chi connectivity index (χ0v) is 14.3. The van der Waals surface area contributed by atoms with Crippen LogP contribution in [0, 0.1) is 5.92 Å². The van der Waals surface area contributed by atoms with Gasteiger partial charge in [-0.2, -0.15) is 13.5 Å². The molecule has 11 heteroatoms. The van der Waals surface area contributed by atoms with Gasteiger partial charge in [0.25, 0.3) is 0 Å². The summed E-state index contributed by atoms with van der Waals surface area (Å²) in [6, 6.07) is 0.609. The van der Waals surface area contributed by atoms with Crippen LogP contribution in [0.2, 0.25) is 0 Å². The molecule has 3 aliphatic rings. The molecule has 3 saturated heterocycles. The summed E-state index contributed by atoms with van der Waals surface area (Å²) in [6.45, 7) is 2.31. The van der Waals surface area contributed by atoms with Gasteiger partial charge in [0.1, 0.15) is 11.5 Å². The average molecular weight is 372 g/mol. The highest BCUT2D eigenvalue weighted by Gasteiger charge is 2.48. The first-order valence-corrected chi connectivity index (χ1v) is 9.70. The normalized spacial score (nSPS) is 29.6. The second-order valence-corrected chi connectivity index (χ2v) is 7.80. The fraction of sp³-hybridized carbons (Fsp3) is 0.714. The number of aromatic nitrogens is 1. The van der Waals surface area contributed by atoms with Gasteiger partial charge in [-0.25, -0.2) is 4.79 Å². The Morgan fingerprint density at radius 1 is 1.40 bits per heavy atom. The molecule has 10 nitrogen and oxygen atoms in total. The lowest BCUT2D eigenvalue weighted by molar-refractivity contribution is -0.0317. The predicted octanol–water partition coefficient (Wildman–Crippen LogP) is 0.502. The smallest absolute Gasteiger partial charge is 0.361 e. The molecule has 3 atom stereocenters. The molecule has 2 bridgehead atoms. The average Bonchev–Trinajstić information content (AvgIpc) is 3.26. The van der Waals surface area contributed by atoms with Crippen molar-refractivity contribution in [1.82, 2.24) is 20.4 Å². The molecule has 25 heavy (non-hydrogen) atoms. The van der Waals surface area contributed by atoms with E-state index in [1.54, 1.807) is 0 Å². The van der Waals surface area contributed by atoms with E-state index in [0.717, 1.165) is 36.8 Å². The number of rotatable bonds is 5. The number of urea groups is 1. The maximum Gasteiger partial charge on any atom is 0.418 e. The van der Waals surface area contributed by atoms with Gasteiger partial charge in [-0.3, -0.25) is 4.55 Å². The lowest BCUT2D eigenvalue weighted by Gasteiger charge is -2.28. The van der Waals surface area contributed by atoms with Crippen molar-refractivity contribution in [2.24, 2.45) is 5.92 Å². The summed E-state index contributed by atoms with van der Waals surface area (Å²) < 4.78 is 40.6. The summed E-state index contributed by atoms with van der Waals surface area (Å²) in [4.78, 5) is 13.9. The quantitative estimate of drug-likeness (QED) is 0.716. The molecule has 3 aliphatic heterocycles. The Balaban J connectivity index is 1.47. The molecule has 4 rings (SSSR count). The highest BCUT2D eigenvalue weighted by atomic mass is 32.3. The van der Waals surface area contributed by atoms with Crippen LogP contribution in [-0.4, -0.2) is 59.8 Å². The molecular formula is C14H20N4O6S. The number of hydrogen-bond donors (Lipinski definition) is 2. The van der Waals surface area contributed by atoms with Crippen molar-refractivity contribution >= 4 is 16.4 Å². The minimum Gasteiger partial charge on any atom is -0.361 e. The van der Waals surface area contributed by atoms with Crippen LogP contribution >= 0.6 is 0 Å². The van der Waals surface area contributed by atoms with Crippen LogP contribution in [0.5, 0.6) is 0 Å². The zero-order valence-electron chi connectivity index (χ0n) is 13.5. The van der Waals surface area contributed by atoms with E-state index in [1.807, 2.05) is 6.07 Å². The third-order valence-electron chi connectivity index (χ3n) is 5.07. The number of piperidine rings is 1. The van der Waals surface area contributed by atoms with Crippen LogP contribution in [-0.2, 0) is 21.1 Å². The van der Waals surface area contributed by atoms with Crippen molar-refractivity contribution in [3.8, 4) is 0 Å².